The van der Waals surface area contributed by atoms with Gasteiger partial charge in [-0.25, -0.2) is 0 Å². The van der Waals surface area contributed by atoms with Crippen molar-refractivity contribution < 1.29 is 0 Å². The van der Waals surface area contributed by atoms with Gasteiger partial charge in [0.05, 0.1) is 11.4 Å². The average Bonchev–Trinajstić information content (AvgIpc) is 3.20. The zero-order valence-corrected chi connectivity index (χ0v) is 19.2. The van der Waals surface area contributed by atoms with E-state index in [4.69, 9.17) is 0 Å². The molecule has 144 valence electrons. The summed E-state index contributed by atoms with van der Waals surface area (Å²) in [5.74, 6) is 0. The van der Waals surface area contributed by atoms with Crippen LogP contribution in [0.5, 0.6) is 0 Å². The molecule has 3 aromatic carbocycles. The van der Waals surface area contributed by atoms with E-state index in [9.17, 15) is 0 Å². The van der Waals surface area contributed by atoms with Gasteiger partial charge in [-0.2, -0.15) is 0 Å². The lowest BCUT2D eigenvalue weighted by Crippen LogP contribution is -2.23. The number of aromatic nitrogens is 2. The van der Waals surface area contributed by atoms with Crippen molar-refractivity contribution in [2.45, 2.75) is 16.2 Å². The second kappa shape index (κ2) is 8.33. The highest BCUT2D eigenvalue weighted by Crippen LogP contribution is 2.47. The fourth-order valence-corrected chi connectivity index (χ4v) is 5.50. The van der Waals surface area contributed by atoms with E-state index in [1.165, 1.54) is 24.7 Å². The third-order valence-corrected chi connectivity index (χ3v) is 7.39. The van der Waals surface area contributed by atoms with Crippen LogP contribution < -0.4 is 10.2 Å². The molecule has 0 amide bonds. The van der Waals surface area contributed by atoms with E-state index in [1.54, 1.807) is 11.3 Å². The van der Waals surface area contributed by atoms with Crippen molar-refractivity contribution in [3.63, 3.8) is 0 Å². The first-order chi connectivity index (χ1) is 14.3. The Bertz CT molecular complexity index is 1100. The van der Waals surface area contributed by atoms with Crippen LogP contribution in [0.1, 0.15) is 5.01 Å². The molecule has 0 saturated heterocycles. The number of fused-ring (bicyclic) bond motifs is 2. The average molecular weight is 528 g/mol. The van der Waals surface area contributed by atoms with Crippen LogP contribution >= 0.6 is 45.7 Å². The second-order valence-corrected chi connectivity index (χ2v) is 9.96. The normalized spacial score (nSPS) is 12.4. The Morgan fingerprint density at radius 1 is 0.828 bits per heavy atom. The Morgan fingerprint density at radius 3 is 2.17 bits per heavy atom. The minimum Gasteiger partial charge on any atom is -0.339 e. The van der Waals surface area contributed by atoms with E-state index in [2.05, 4.69) is 116 Å². The summed E-state index contributed by atoms with van der Waals surface area (Å²) in [6.07, 6.45) is 0.847. The van der Waals surface area contributed by atoms with Gasteiger partial charge in [-0.3, -0.25) is 0 Å². The molecular weight excluding hydrogens is 511 g/mol. The number of para-hydroxylation sites is 2. The lowest BCUT2D eigenvalue weighted by Gasteiger charge is -2.32. The van der Waals surface area contributed by atoms with Crippen LogP contribution in [0.3, 0.4) is 0 Å². The first-order valence-corrected chi connectivity index (χ1v) is 12.0. The van der Waals surface area contributed by atoms with Crippen LogP contribution in [-0.2, 0) is 6.42 Å². The van der Waals surface area contributed by atoms with Crippen LogP contribution in [0.2, 0.25) is 0 Å². The van der Waals surface area contributed by atoms with E-state index >= 15 is 0 Å². The molecule has 1 aliphatic heterocycles. The van der Waals surface area contributed by atoms with E-state index in [0.29, 0.717) is 0 Å². The predicted molar refractivity (Wildman–Crippen MR) is 130 cm³/mol. The van der Waals surface area contributed by atoms with Crippen molar-refractivity contribution in [2.24, 2.45) is 0 Å². The van der Waals surface area contributed by atoms with Gasteiger partial charge in [0.15, 0.2) is 0 Å². The SMILES string of the molecule is Ic1ccc(Nc2nnc(CCN3c4ccccc4Sc4ccccc43)s2)cc1. The van der Waals surface area contributed by atoms with Crippen molar-refractivity contribution in [2.75, 3.05) is 16.8 Å². The van der Waals surface area contributed by atoms with E-state index < -0.39 is 0 Å². The molecule has 4 nitrogen and oxygen atoms in total. The molecule has 1 aliphatic rings. The molecule has 0 spiro atoms. The standard InChI is InChI=1S/C22H17IN4S2/c23-15-9-11-16(12-10-15)24-22-26-25-21(29-22)13-14-27-17-5-1-3-7-19(17)28-20-8-4-2-6-18(20)27/h1-12H,13-14H2,(H,24,26). The summed E-state index contributed by atoms with van der Waals surface area (Å²) in [5, 5.41) is 13.9. The van der Waals surface area contributed by atoms with E-state index in [0.717, 1.165) is 28.8 Å². The highest BCUT2D eigenvalue weighted by molar-refractivity contribution is 14.1. The number of nitrogens with zero attached hydrogens (tertiary/aromatic N) is 3. The monoisotopic (exact) mass is 528 g/mol. The Balaban J connectivity index is 1.33. The summed E-state index contributed by atoms with van der Waals surface area (Å²) >= 11 is 5.76. The maximum Gasteiger partial charge on any atom is 0.210 e. The number of anilines is 4. The molecule has 2 heterocycles. The second-order valence-electron chi connectivity index (χ2n) is 6.57. The van der Waals surface area contributed by atoms with Gasteiger partial charge in [0.2, 0.25) is 5.13 Å². The molecular formula is C22H17IN4S2. The van der Waals surface area contributed by atoms with Crippen LogP contribution in [0.4, 0.5) is 22.2 Å². The van der Waals surface area contributed by atoms with E-state index in [1.807, 2.05) is 11.8 Å². The number of nitrogens with one attached hydrogen (secondary N) is 1. The fraction of sp³-hybridized carbons (Fsp3) is 0.0909. The predicted octanol–water partition coefficient (Wildman–Crippen LogP) is 6.73. The minimum atomic E-state index is 0.830. The lowest BCUT2D eigenvalue weighted by molar-refractivity contribution is 0.864. The molecule has 1 N–H and O–H groups in total. The highest BCUT2D eigenvalue weighted by Gasteiger charge is 2.22. The maximum absolute atomic E-state index is 4.40. The summed E-state index contributed by atoms with van der Waals surface area (Å²) in [6.45, 7) is 0.868. The first-order valence-electron chi connectivity index (χ1n) is 9.25. The largest absolute Gasteiger partial charge is 0.339 e. The molecule has 5 rings (SSSR count). The highest BCUT2D eigenvalue weighted by atomic mass is 127. The van der Waals surface area contributed by atoms with Gasteiger partial charge in [0.25, 0.3) is 0 Å². The van der Waals surface area contributed by atoms with Gasteiger partial charge in [-0.15, -0.1) is 10.2 Å². The van der Waals surface area contributed by atoms with Crippen molar-refractivity contribution >= 4 is 67.9 Å². The summed E-state index contributed by atoms with van der Waals surface area (Å²) in [7, 11) is 0. The number of hydrogen-bond acceptors (Lipinski definition) is 6. The topological polar surface area (TPSA) is 41.1 Å². The molecule has 7 heteroatoms. The molecule has 0 radical (unpaired) electrons. The first kappa shape index (κ1) is 18.9. The maximum atomic E-state index is 4.40. The van der Waals surface area contributed by atoms with Crippen LogP contribution in [0.15, 0.2) is 82.6 Å². The van der Waals surface area contributed by atoms with Gasteiger partial charge < -0.3 is 10.2 Å². The number of benzene rings is 3. The van der Waals surface area contributed by atoms with Crippen molar-refractivity contribution in [1.82, 2.24) is 10.2 Å². The fourth-order valence-electron chi connectivity index (χ4n) is 3.29. The molecule has 4 aromatic rings. The van der Waals surface area contributed by atoms with Gasteiger partial charge in [-0.05, 0) is 71.1 Å². The molecule has 1 aromatic heterocycles. The number of halogens is 1. The Labute approximate surface area is 191 Å². The lowest BCUT2D eigenvalue weighted by atomic mass is 10.2. The van der Waals surface area contributed by atoms with Crippen LogP contribution in [0, 0.1) is 3.57 Å². The Morgan fingerprint density at radius 2 is 1.48 bits per heavy atom. The number of hydrogen-bond donors (Lipinski definition) is 1. The summed E-state index contributed by atoms with van der Waals surface area (Å²) in [5.41, 5.74) is 3.56. The van der Waals surface area contributed by atoms with Crippen LogP contribution in [0.25, 0.3) is 0 Å². The van der Waals surface area contributed by atoms with Crippen molar-refractivity contribution in [3.8, 4) is 0 Å². The van der Waals surface area contributed by atoms with Crippen molar-refractivity contribution in [1.29, 1.82) is 0 Å². The van der Waals surface area contributed by atoms with Gasteiger partial charge in [-0.1, -0.05) is 47.4 Å². The van der Waals surface area contributed by atoms with Crippen molar-refractivity contribution in [3.05, 3.63) is 81.4 Å². The molecule has 0 unspecified atom stereocenters. The van der Waals surface area contributed by atoms with Crippen LogP contribution in [-0.4, -0.2) is 16.7 Å². The van der Waals surface area contributed by atoms with Gasteiger partial charge in [0, 0.05) is 32.0 Å². The molecule has 0 saturated carbocycles. The summed E-state index contributed by atoms with van der Waals surface area (Å²) in [4.78, 5) is 4.99. The molecule has 0 aliphatic carbocycles. The zero-order chi connectivity index (χ0) is 19.6. The summed E-state index contributed by atoms with van der Waals surface area (Å²) in [6, 6.07) is 25.5. The number of rotatable bonds is 5. The smallest absolute Gasteiger partial charge is 0.210 e. The zero-order valence-electron chi connectivity index (χ0n) is 15.4. The Kier molecular flexibility index (Phi) is 5.43. The quantitative estimate of drug-likeness (QED) is 0.291. The summed E-state index contributed by atoms with van der Waals surface area (Å²) < 4.78 is 1.21. The molecule has 29 heavy (non-hydrogen) atoms. The van der Waals surface area contributed by atoms with Gasteiger partial charge in [0.1, 0.15) is 5.01 Å². The third kappa shape index (κ3) is 4.12. The van der Waals surface area contributed by atoms with E-state index in [-0.39, 0.29) is 0 Å². The Hall–Kier alpha value is -2.10. The van der Waals surface area contributed by atoms with Gasteiger partial charge >= 0.3 is 0 Å². The molecule has 0 atom stereocenters. The molecule has 0 bridgehead atoms. The third-order valence-electron chi connectivity index (χ3n) is 4.64. The minimum absolute atomic E-state index is 0.830. The molecule has 0 fully saturated rings.